The molecule has 0 radical (unpaired) electrons. The Kier molecular flexibility index (Phi) is 7.79. The van der Waals surface area contributed by atoms with Gasteiger partial charge < -0.3 is 19.4 Å². The Morgan fingerprint density at radius 1 is 1.26 bits per heavy atom. The Labute approximate surface area is 227 Å². The van der Waals surface area contributed by atoms with Crippen molar-refractivity contribution < 1.29 is 13.9 Å². The van der Waals surface area contributed by atoms with Crippen LogP contribution in [0.1, 0.15) is 35.7 Å². The summed E-state index contributed by atoms with van der Waals surface area (Å²) >= 11 is 6.64. The molecule has 1 fully saturated rings. The van der Waals surface area contributed by atoms with Gasteiger partial charge in [0, 0.05) is 42.5 Å². The number of aromatic nitrogens is 2. The summed E-state index contributed by atoms with van der Waals surface area (Å²) in [6, 6.07) is 7.94. The van der Waals surface area contributed by atoms with Crippen molar-refractivity contribution in [2.45, 2.75) is 38.8 Å². The Balaban J connectivity index is 1.43. The molecule has 2 aliphatic heterocycles. The van der Waals surface area contributed by atoms with Gasteiger partial charge in [0.2, 0.25) is 5.91 Å². The van der Waals surface area contributed by atoms with E-state index in [1.54, 1.807) is 0 Å². The molecule has 1 atom stereocenters. The lowest BCUT2D eigenvalue weighted by Crippen LogP contribution is -2.55. The predicted octanol–water partition coefficient (Wildman–Crippen LogP) is 3.94. The molecule has 0 N–H and O–H groups in total. The second-order valence-corrected chi connectivity index (χ2v) is 9.85. The van der Waals surface area contributed by atoms with Gasteiger partial charge in [-0.15, -0.1) is 0 Å². The number of carbonyl (C=O) groups is 1. The maximum atomic E-state index is 12.5. The minimum Gasteiger partial charge on any atom is -0.464 e. The van der Waals surface area contributed by atoms with Crippen LogP contribution in [0, 0.1) is 11.3 Å². The maximum Gasteiger partial charge on any atom is 0.318 e. The first-order valence-corrected chi connectivity index (χ1v) is 13.3. The van der Waals surface area contributed by atoms with Gasteiger partial charge in [0.05, 0.1) is 36.5 Å². The molecule has 5 rings (SSSR count). The third-order valence-electron chi connectivity index (χ3n) is 7.21. The maximum absolute atomic E-state index is 12.5. The second-order valence-electron chi connectivity index (χ2n) is 9.44. The fraction of sp³-hybridized carbons (Fsp3) is 0.429. The van der Waals surface area contributed by atoms with Gasteiger partial charge >= 0.3 is 6.01 Å². The van der Waals surface area contributed by atoms with E-state index in [0.29, 0.717) is 38.8 Å². The molecule has 1 aliphatic carbocycles. The number of rotatable bonds is 6. The quantitative estimate of drug-likeness (QED) is 0.517. The van der Waals surface area contributed by atoms with Crippen LogP contribution >= 0.6 is 11.6 Å². The highest BCUT2D eigenvalue weighted by Crippen LogP contribution is 2.38. The summed E-state index contributed by atoms with van der Waals surface area (Å²) in [6.45, 7) is 4.12. The molecule has 10 heteroatoms. The zero-order valence-corrected chi connectivity index (χ0v) is 22.1. The van der Waals surface area contributed by atoms with Gasteiger partial charge in [-0.3, -0.25) is 4.79 Å². The number of amides is 1. The first-order valence-electron chi connectivity index (χ1n) is 13.0. The SMILES string of the molecule is CCOc1nc2c(c(N3CCN(C(=O)/C=C/CF)C(C#N)C3)n1)CCN(C1=CCCc3cccc(Cl)c31)C2. The molecule has 1 aromatic heterocycles. The van der Waals surface area contributed by atoms with Gasteiger partial charge in [-0.1, -0.05) is 29.8 Å². The first-order chi connectivity index (χ1) is 18.5. The Bertz CT molecular complexity index is 1320. The third kappa shape index (κ3) is 5.05. The van der Waals surface area contributed by atoms with E-state index in [1.807, 2.05) is 24.0 Å². The van der Waals surface area contributed by atoms with E-state index in [0.717, 1.165) is 65.2 Å². The molecule has 1 aromatic carbocycles. The zero-order valence-electron chi connectivity index (χ0n) is 21.4. The van der Waals surface area contributed by atoms with Gasteiger partial charge in [0.15, 0.2) is 0 Å². The fourth-order valence-electron chi connectivity index (χ4n) is 5.46. The number of nitriles is 1. The Morgan fingerprint density at radius 2 is 2.13 bits per heavy atom. The van der Waals surface area contributed by atoms with E-state index < -0.39 is 12.7 Å². The van der Waals surface area contributed by atoms with Crippen LogP contribution in [-0.4, -0.2) is 71.2 Å². The number of hydrogen-bond acceptors (Lipinski definition) is 7. The smallest absolute Gasteiger partial charge is 0.318 e. The van der Waals surface area contributed by atoms with Crippen LogP contribution in [0.2, 0.25) is 5.02 Å². The number of anilines is 1. The van der Waals surface area contributed by atoms with Crippen LogP contribution in [-0.2, 0) is 24.2 Å². The van der Waals surface area contributed by atoms with Gasteiger partial charge in [-0.2, -0.15) is 15.2 Å². The number of nitrogens with zero attached hydrogens (tertiary/aromatic N) is 6. The van der Waals surface area contributed by atoms with E-state index in [9.17, 15) is 14.4 Å². The number of halogens is 2. The molecule has 38 heavy (non-hydrogen) atoms. The average Bonchev–Trinajstić information content (AvgIpc) is 2.95. The molecule has 1 unspecified atom stereocenters. The molecule has 0 spiro atoms. The highest BCUT2D eigenvalue weighted by molar-refractivity contribution is 6.32. The summed E-state index contributed by atoms with van der Waals surface area (Å²) in [4.78, 5) is 27.8. The van der Waals surface area contributed by atoms with Crippen LogP contribution in [0.15, 0.2) is 36.4 Å². The van der Waals surface area contributed by atoms with Gasteiger partial charge in [0.25, 0.3) is 0 Å². The van der Waals surface area contributed by atoms with Crippen LogP contribution in [0.3, 0.4) is 0 Å². The van der Waals surface area contributed by atoms with E-state index >= 15 is 0 Å². The molecule has 3 aliphatic rings. The van der Waals surface area contributed by atoms with Crippen LogP contribution < -0.4 is 9.64 Å². The summed E-state index contributed by atoms with van der Waals surface area (Å²) in [7, 11) is 0. The molecule has 198 valence electrons. The fourth-order valence-corrected chi connectivity index (χ4v) is 5.75. The molecule has 1 saturated heterocycles. The Morgan fingerprint density at radius 3 is 2.92 bits per heavy atom. The normalized spacial score (nSPS) is 19.1. The van der Waals surface area contributed by atoms with Crippen LogP contribution in [0.5, 0.6) is 6.01 Å². The Hall–Kier alpha value is -3.64. The highest BCUT2D eigenvalue weighted by atomic mass is 35.5. The number of fused-ring (bicyclic) bond motifs is 2. The standard InChI is InChI=1S/C28H30ClFN6O2/c1-2-38-28-32-23-18-34(24-9-4-7-19-6-3-8-22(29)26(19)24)13-11-21(23)27(33-28)35-14-15-36(20(16-31)17-35)25(37)10-5-12-30/h3,5-6,8-10,20H,2,4,7,11-15,17-18H2,1H3/b10-5+. The van der Waals surface area contributed by atoms with E-state index in [4.69, 9.17) is 26.3 Å². The average molecular weight is 537 g/mol. The minimum absolute atomic E-state index is 0.303. The van der Waals surface area contributed by atoms with E-state index in [2.05, 4.69) is 23.1 Å². The predicted molar refractivity (Wildman–Crippen MR) is 144 cm³/mol. The molecule has 0 saturated carbocycles. The summed E-state index contributed by atoms with van der Waals surface area (Å²) in [5.41, 5.74) is 5.42. The number of alkyl halides is 1. The molecule has 8 nitrogen and oxygen atoms in total. The lowest BCUT2D eigenvalue weighted by atomic mass is 9.92. The van der Waals surface area contributed by atoms with Crippen molar-refractivity contribution in [3.63, 3.8) is 0 Å². The summed E-state index contributed by atoms with van der Waals surface area (Å²) in [5.74, 6) is 0.393. The molecular weight excluding hydrogens is 507 g/mol. The number of piperazine rings is 1. The van der Waals surface area contributed by atoms with Gasteiger partial charge in [-0.25, -0.2) is 4.39 Å². The van der Waals surface area contributed by atoms with Crippen molar-refractivity contribution in [1.82, 2.24) is 19.8 Å². The lowest BCUT2D eigenvalue weighted by Gasteiger charge is -2.40. The summed E-state index contributed by atoms with van der Waals surface area (Å²) in [6.07, 6.45) is 7.28. The van der Waals surface area contributed by atoms with Crippen molar-refractivity contribution >= 4 is 29.0 Å². The number of hydrogen-bond donors (Lipinski definition) is 0. The third-order valence-corrected chi connectivity index (χ3v) is 7.52. The molecule has 1 amide bonds. The second kappa shape index (κ2) is 11.4. The monoisotopic (exact) mass is 536 g/mol. The number of allylic oxidation sites excluding steroid dienone is 2. The topological polar surface area (TPSA) is 85.6 Å². The number of benzene rings is 1. The molecular formula is C28H30ClFN6O2. The number of carbonyl (C=O) groups excluding carboxylic acids is 1. The molecule has 2 aromatic rings. The minimum atomic E-state index is -0.720. The van der Waals surface area contributed by atoms with E-state index in [-0.39, 0.29) is 5.91 Å². The van der Waals surface area contributed by atoms with Crippen LogP contribution in [0.4, 0.5) is 10.2 Å². The number of aryl methyl sites for hydroxylation is 1. The van der Waals surface area contributed by atoms with Crippen molar-refractivity contribution in [3.05, 3.63) is 63.8 Å². The van der Waals surface area contributed by atoms with Gasteiger partial charge in [-0.05, 0) is 43.9 Å². The van der Waals surface area contributed by atoms with Crippen molar-refractivity contribution in [2.24, 2.45) is 0 Å². The van der Waals surface area contributed by atoms with E-state index in [1.165, 1.54) is 16.5 Å². The lowest BCUT2D eigenvalue weighted by molar-refractivity contribution is -0.127. The highest BCUT2D eigenvalue weighted by Gasteiger charge is 2.34. The van der Waals surface area contributed by atoms with Crippen molar-refractivity contribution in [2.75, 3.05) is 44.4 Å². The van der Waals surface area contributed by atoms with Gasteiger partial charge in [0.1, 0.15) is 18.5 Å². The largest absolute Gasteiger partial charge is 0.464 e. The summed E-state index contributed by atoms with van der Waals surface area (Å²) < 4.78 is 18.3. The molecule has 0 bridgehead atoms. The summed E-state index contributed by atoms with van der Waals surface area (Å²) in [5, 5.41) is 10.6. The first kappa shape index (κ1) is 26.0. The van der Waals surface area contributed by atoms with Crippen molar-refractivity contribution in [3.8, 4) is 12.1 Å². The van der Waals surface area contributed by atoms with Crippen LogP contribution in [0.25, 0.3) is 5.70 Å². The zero-order chi connectivity index (χ0) is 26.6. The number of ether oxygens (including phenoxy) is 1. The van der Waals surface area contributed by atoms with Crippen molar-refractivity contribution in [1.29, 1.82) is 5.26 Å². The molecule has 3 heterocycles.